The quantitative estimate of drug-likeness (QED) is 0.753. The Morgan fingerprint density at radius 1 is 1.11 bits per heavy atom. The molecular weight excluding hydrogens is 344 g/mol. The van der Waals surface area contributed by atoms with E-state index in [4.69, 9.17) is 9.84 Å². The highest BCUT2D eigenvalue weighted by atomic mass is 16.5. The summed E-state index contributed by atoms with van der Waals surface area (Å²) in [6, 6.07) is 9.15. The highest BCUT2D eigenvalue weighted by Crippen LogP contribution is 2.34. The second-order valence-electron chi connectivity index (χ2n) is 6.64. The lowest BCUT2D eigenvalue weighted by Gasteiger charge is -2.34. The van der Waals surface area contributed by atoms with Crippen molar-refractivity contribution in [2.75, 3.05) is 0 Å². The SMILES string of the molecule is C1=CCCCC1.CC1C(C(=O)O)=CC=CC1(OCc1ccccc1)C(=O)O. The van der Waals surface area contributed by atoms with Gasteiger partial charge in [-0.15, -0.1) is 0 Å². The molecule has 0 radical (unpaired) electrons. The van der Waals surface area contributed by atoms with E-state index in [-0.39, 0.29) is 12.2 Å². The molecule has 2 unspecified atom stereocenters. The summed E-state index contributed by atoms with van der Waals surface area (Å²) < 4.78 is 5.62. The summed E-state index contributed by atoms with van der Waals surface area (Å²) in [4.78, 5) is 22.9. The van der Waals surface area contributed by atoms with E-state index in [1.54, 1.807) is 6.92 Å². The van der Waals surface area contributed by atoms with Gasteiger partial charge in [-0.05, 0) is 37.3 Å². The van der Waals surface area contributed by atoms with Crippen molar-refractivity contribution in [2.24, 2.45) is 5.92 Å². The Balaban J connectivity index is 0.000000369. The lowest BCUT2D eigenvalue weighted by molar-refractivity contribution is -0.166. The predicted octanol–water partition coefficient (Wildman–Crippen LogP) is 4.36. The number of carbonyl (C=O) groups is 2. The standard InChI is InChI=1S/C16H16O5.C6H10/c1-11-13(14(17)18)8-5-9-16(11,15(19)20)21-10-12-6-3-2-4-7-12;1-2-4-6-5-3-1/h2-9,11H,10H2,1H3,(H,17,18)(H,19,20);1-2H,3-6H2. The average molecular weight is 370 g/mol. The monoisotopic (exact) mass is 370 g/mol. The fourth-order valence-corrected chi connectivity index (χ4v) is 3.10. The molecule has 0 aliphatic heterocycles. The molecule has 2 N–H and O–H groups in total. The smallest absolute Gasteiger partial charge is 0.340 e. The average Bonchev–Trinajstić information content (AvgIpc) is 2.69. The first-order chi connectivity index (χ1) is 13.0. The Labute approximate surface area is 159 Å². The van der Waals surface area contributed by atoms with Crippen LogP contribution in [-0.2, 0) is 20.9 Å². The van der Waals surface area contributed by atoms with Crippen LogP contribution in [0.25, 0.3) is 0 Å². The fourth-order valence-electron chi connectivity index (χ4n) is 3.10. The number of carboxylic acid groups (broad SMARTS) is 2. The van der Waals surface area contributed by atoms with Crippen molar-refractivity contribution in [3.8, 4) is 0 Å². The number of benzene rings is 1. The summed E-state index contributed by atoms with van der Waals surface area (Å²) >= 11 is 0. The van der Waals surface area contributed by atoms with E-state index in [9.17, 15) is 14.7 Å². The van der Waals surface area contributed by atoms with E-state index >= 15 is 0 Å². The van der Waals surface area contributed by atoms with Crippen LogP contribution in [0.3, 0.4) is 0 Å². The van der Waals surface area contributed by atoms with Crippen molar-refractivity contribution in [2.45, 2.75) is 44.8 Å². The molecule has 1 aromatic carbocycles. The van der Waals surface area contributed by atoms with E-state index < -0.39 is 23.5 Å². The molecule has 1 aromatic rings. The van der Waals surface area contributed by atoms with Gasteiger partial charge in [-0.2, -0.15) is 0 Å². The maximum Gasteiger partial charge on any atom is 0.340 e. The lowest BCUT2D eigenvalue weighted by Crippen LogP contribution is -2.48. The van der Waals surface area contributed by atoms with Gasteiger partial charge in [0.15, 0.2) is 5.60 Å². The Hall–Kier alpha value is -2.66. The molecule has 3 rings (SSSR count). The second-order valence-corrected chi connectivity index (χ2v) is 6.64. The minimum Gasteiger partial charge on any atom is -0.479 e. The fraction of sp³-hybridized carbons (Fsp3) is 0.364. The number of allylic oxidation sites excluding steroid dienone is 4. The predicted molar refractivity (Wildman–Crippen MR) is 103 cm³/mol. The van der Waals surface area contributed by atoms with E-state index in [1.165, 1.54) is 43.9 Å². The molecule has 2 aliphatic rings. The van der Waals surface area contributed by atoms with Crippen molar-refractivity contribution in [1.82, 2.24) is 0 Å². The van der Waals surface area contributed by atoms with Gasteiger partial charge in [0, 0.05) is 11.5 Å². The van der Waals surface area contributed by atoms with Gasteiger partial charge in [-0.1, -0.05) is 61.6 Å². The van der Waals surface area contributed by atoms with Gasteiger partial charge in [0.05, 0.1) is 6.61 Å². The Bertz CT molecular complexity index is 724. The van der Waals surface area contributed by atoms with E-state index in [1.807, 2.05) is 30.3 Å². The van der Waals surface area contributed by atoms with Gasteiger partial charge >= 0.3 is 11.9 Å². The third-order valence-electron chi connectivity index (χ3n) is 4.79. The first-order valence-corrected chi connectivity index (χ1v) is 9.16. The van der Waals surface area contributed by atoms with Gasteiger partial charge in [-0.25, -0.2) is 9.59 Å². The number of ether oxygens (including phenoxy) is 1. The maximum atomic E-state index is 11.7. The van der Waals surface area contributed by atoms with Gasteiger partial charge in [0.25, 0.3) is 0 Å². The summed E-state index contributed by atoms with van der Waals surface area (Å²) in [6.07, 6.45) is 14.2. The number of carboxylic acids is 2. The van der Waals surface area contributed by atoms with Crippen molar-refractivity contribution >= 4 is 11.9 Å². The largest absolute Gasteiger partial charge is 0.479 e. The molecule has 2 atom stereocenters. The Morgan fingerprint density at radius 3 is 2.22 bits per heavy atom. The van der Waals surface area contributed by atoms with Crippen molar-refractivity contribution in [3.63, 3.8) is 0 Å². The Morgan fingerprint density at radius 2 is 1.74 bits per heavy atom. The minimum absolute atomic E-state index is 0.0213. The molecule has 0 saturated carbocycles. The van der Waals surface area contributed by atoms with Crippen LogP contribution < -0.4 is 0 Å². The molecule has 0 heterocycles. The first kappa shape index (κ1) is 20.6. The topological polar surface area (TPSA) is 83.8 Å². The van der Waals surface area contributed by atoms with E-state index in [2.05, 4.69) is 12.2 Å². The number of aliphatic carboxylic acids is 2. The summed E-state index contributed by atoms with van der Waals surface area (Å²) in [6.45, 7) is 1.64. The number of rotatable bonds is 5. The summed E-state index contributed by atoms with van der Waals surface area (Å²) in [5.74, 6) is -3.13. The van der Waals surface area contributed by atoms with Crippen molar-refractivity contribution < 1.29 is 24.5 Å². The van der Waals surface area contributed by atoms with Crippen LogP contribution in [0, 0.1) is 5.92 Å². The number of hydrogen-bond acceptors (Lipinski definition) is 3. The lowest BCUT2D eigenvalue weighted by atomic mass is 9.79. The molecule has 0 saturated heterocycles. The second kappa shape index (κ2) is 9.88. The third kappa shape index (κ3) is 5.41. The van der Waals surface area contributed by atoms with Gasteiger partial charge < -0.3 is 14.9 Å². The highest BCUT2D eigenvalue weighted by molar-refractivity contribution is 5.92. The molecule has 0 aromatic heterocycles. The molecule has 5 heteroatoms. The third-order valence-corrected chi connectivity index (χ3v) is 4.79. The molecule has 144 valence electrons. The van der Waals surface area contributed by atoms with Crippen molar-refractivity contribution in [1.29, 1.82) is 0 Å². The molecule has 5 nitrogen and oxygen atoms in total. The van der Waals surface area contributed by atoms with Crippen LogP contribution in [0.4, 0.5) is 0 Å². The van der Waals surface area contributed by atoms with Crippen LogP contribution in [0.1, 0.15) is 38.2 Å². The molecule has 0 bridgehead atoms. The van der Waals surface area contributed by atoms with Crippen LogP contribution in [0.5, 0.6) is 0 Å². The summed E-state index contributed by atoms with van der Waals surface area (Å²) in [7, 11) is 0. The zero-order valence-corrected chi connectivity index (χ0v) is 15.5. The van der Waals surface area contributed by atoms with Crippen molar-refractivity contribution in [3.05, 3.63) is 71.8 Å². The zero-order valence-electron chi connectivity index (χ0n) is 15.5. The maximum absolute atomic E-state index is 11.7. The molecule has 2 aliphatic carbocycles. The van der Waals surface area contributed by atoms with E-state index in [0.717, 1.165) is 5.56 Å². The molecular formula is C22H26O5. The summed E-state index contributed by atoms with van der Waals surface area (Å²) in [5.41, 5.74) is -0.823. The molecule has 27 heavy (non-hydrogen) atoms. The molecule has 0 amide bonds. The first-order valence-electron chi connectivity index (χ1n) is 9.16. The van der Waals surface area contributed by atoms with Crippen LogP contribution in [0.2, 0.25) is 0 Å². The van der Waals surface area contributed by atoms with Gasteiger partial charge in [0.2, 0.25) is 0 Å². The van der Waals surface area contributed by atoms with Crippen LogP contribution in [-0.4, -0.2) is 27.8 Å². The minimum atomic E-state index is -1.67. The highest BCUT2D eigenvalue weighted by Gasteiger charge is 2.47. The Kier molecular flexibility index (Phi) is 7.55. The van der Waals surface area contributed by atoms with Crippen LogP contribution in [0.15, 0.2) is 66.3 Å². The normalized spacial score (nSPS) is 23.7. The molecule has 0 fully saturated rings. The number of hydrogen-bond donors (Lipinski definition) is 2. The van der Waals surface area contributed by atoms with Crippen LogP contribution >= 0.6 is 0 Å². The zero-order chi connectivity index (χ0) is 19.7. The molecule has 0 spiro atoms. The van der Waals surface area contributed by atoms with Gasteiger partial charge in [-0.3, -0.25) is 0 Å². The van der Waals surface area contributed by atoms with E-state index in [0.29, 0.717) is 0 Å². The summed E-state index contributed by atoms with van der Waals surface area (Å²) in [5, 5.41) is 18.7. The van der Waals surface area contributed by atoms with Gasteiger partial charge in [0.1, 0.15) is 0 Å².